The van der Waals surface area contributed by atoms with Crippen molar-refractivity contribution in [1.29, 1.82) is 0 Å². The largest absolute Gasteiger partial charge is 0.478 e. The first-order valence-electron chi connectivity index (χ1n) is 6.44. The summed E-state index contributed by atoms with van der Waals surface area (Å²) in [7, 11) is 0. The van der Waals surface area contributed by atoms with Gasteiger partial charge in [-0.05, 0) is 55.7 Å². The van der Waals surface area contributed by atoms with Gasteiger partial charge in [-0.1, -0.05) is 24.3 Å². The van der Waals surface area contributed by atoms with E-state index >= 15 is 0 Å². The molecule has 0 heterocycles. The molecule has 3 heteroatoms. The fraction of sp³-hybridized carbons (Fsp3) is 0.176. The Labute approximate surface area is 118 Å². The summed E-state index contributed by atoms with van der Waals surface area (Å²) in [6.07, 6.45) is 0. The molecular weight excluding hydrogens is 250 g/mol. The van der Waals surface area contributed by atoms with Crippen LogP contribution in [0, 0.1) is 13.8 Å². The molecule has 0 spiro atoms. The minimum atomic E-state index is -0.921. The Bertz CT molecular complexity index is 687. The van der Waals surface area contributed by atoms with Gasteiger partial charge in [-0.2, -0.15) is 0 Å². The van der Waals surface area contributed by atoms with E-state index in [9.17, 15) is 4.79 Å². The molecule has 102 valence electrons. The van der Waals surface area contributed by atoms with Crippen molar-refractivity contribution in [3.8, 4) is 0 Å². The number of carbonyl (C=O) groups is 1. The Morgan fingerprint density at radius 3 is 2.40 bits per heavy atom. The van der Waals surface area contributed by atoms with E-state index in [0.29, 0.717) is 0 Å². The lowest BCUT2D eigenvalue weighted by molar-refractivity contribution is 0.0697. The third kappa shape index (κ3) is 2.94. The number of aromatic carboxylic acids is 1. The lowest BCUT2D eigenvalue weighted by Gasteiger charge is -2.08. The molecule has 0 amide bonds. The van der Waals surface area contributed by atoms with Gasteiger partial charge in [-0.15, -0.1) is 0 Å². The minimum absolute atomic E-state index is 0.282. The molecule has 0 saturated carbocycles. The molecule has 0 unspecified atom stereocenters. The summed E-state index contributed by atoms with van der Waals surface area (Å²) in [6, 6.07) is 13.0. The lowest BCUT2D eigenvalue weighted by atomic mass is 10.0. The van der Waals surface area contributed by atoms with E-state index in [-0.39, 0.29) is 5.56 Å². The van der Waals surface area contributed by atoms with Gasteiger partial charge < -0.3 is 5.11 Å². The molecule has 3 nitrogen and oxygen atoms in total. The van der Waals surface area contributed by atoms with E-state index in [1.807, 2.05) is 51.1 Å². The highest BCUT2D eigenvalue weighted by atomic mass is 16.4. The second-order valence-corrected chi connectivity index (χ2v) is 4.82. The van der Waals surface area contributed by atoms with Gasteiger partial charge >= 0.3 is 5.97 Å². The molecule has 2 rings (SSSR count). The first-order chi connectivity index (χ1) is 9.49. The zero-order valence-corrected chi connectivity index (χ0v) is 11.8. The summed E-state index contributed by atoms with van der Waals surface area (Å²) < 4.78 is 0. The van der Waals surface area contributed by atoms with Crippen LogP contribution >= 0.6 is 0 Å². The van der Waals surface area contributed by atoms with E-state index in [1.54, 1.807) is 12.1 Å². The Morgan fingerprint density at radius 2 is 1.75 bits per heavy atom. The summed E-state index contributed by atoms with van der Waals surface area (Å²) in [5.41, 5.74) is 4.99. The van der Waals surface area contributed by atoms with Crippen molar-refractivity contribution in [1.82, 2.24) is 0 Å². The van der Waals surface area contributed by atoms with Crippen LogP contribution in [0.3, 0.4) is 0 Å². The summed E-state index contributed by atoms with van der Waals surface area (Å²) >= 11 is 0. The molecule has 0 radical (unpaired) electrons. The number of nitrogens with zero attached hydrogens (tertiary/aromatic N) is 1. The van der Waals surface area contributed by atoms with Crippen LogP contribution in [-0.4, -0.2) is 16.8 Å². The van der Waals surface area contributed by atoms with Gasteiger partial charge in [0.25, 0.3) is 0 Å². The first kappa shape index (κ1) is 14.0. The minimum Gasteiger partial charge on any atom is -0.478 e. The van der Waals surface area contributed by atoms with E-state index in [1.165, 1.54) is 0 Å². The first-order valence-corrected chi connectivity index (χ1v) is 6.44. The Hall–Kier alpha value is -2.42. The molecule has 0 saturated heterocycles. The van der Waals surface area contributed by atoms with Crippen LogP contribution in [0.4, 0.5) is 5.69 Å². The highest BCUT2D eigenvalue weighted by Gasteiger charge is 2.08. The molecule has 0 aliphatic rings. The van der Waals surface area contributed by atoms with Crippen molar-refractivity contribution < 1.29 is 9.90 Å². The zero-order chi connectivity index (χ0) is 14.7. The maximum atomic E-state index is 11.1. The standard InChI is InChI=1S/C17H17NO2/c1-11-8-9-14(17(19)20)10-15(11)13(3)18-16-7-5-4-6-12(16)2/h4-10H,1-3H3,(H,19,20). The normalized spacial score (nSPS) is 11.4. The van der Waals surface area contributed by atoms with Gasteiger partial charge in [0.15, 0.2) is 0 Å². The molecule has 2 aromatic carbocycles. The molecule has 0 aliphatic heterocycles. The molecule has 0 bridgehead atoms. The van der Waals surface area contributed by atoms with Gasteiger partial charge in [0.1, 0.15) is 0 Å². The topological polar surface area (TPSA) is 49.7 Å². The molecule has 20 heavy (non-hydrogen) atoms. The van der Waals surface area contributed by atoms with Gasteiger partial charge in [0, 0.05) is 5.71 Å². The van der Waals surface area contributed by atoms with E-state index < -0.39 is 5.97 Å². The number of rotatable bonds is 3. The fourth-order valence-electron chi connectivity index (χ4n) is 2.07. The predicted octanol–water partition coefficient (Wildman–Crippen LogP) is 4.14. The highest BCUT2D eigenvalue weighted by Crippen LogP contribution is 2.20. The van der Waals surface area contributed by atoms with Gasteiger partial charge in [-0.25, -0.2) is 4.79 Å². The van der Waals surface area contributed by atoms with E-state index in [4.69, 9.17) is 5.11 Å². The second-order valence-electron chi connectivity index (χ2n) is 4.82. The summed E-state index contributed by atoms with van der Waals surface area (Å²) in [6.45, 7) is 5.87. The van der Waals surface area contributed by atoms with Crippen molar-refractivity contribution >= 4 is 17.4 Å². The molecule has 1 N–H and O–H groups in total. The van der Waals surface area contributed by atoms with Gasteiger partial charge in [0.05, 0.1) is 11.3 Å². The fourth-order valence-corrected chi connectivity index (χ4v) is 2.07. The molecule has 0 aromatic heterocycles. The number of aliphatic imine (C=N–C) groups is 1. The van der Waals surface area contributed by atoms with Crippen LogP contribution < -0.4 is 0 Å². The molecule has 0 atom stereocenters. The van der Waals surface area contributed by atoms with Crippen molar-refractivity contribution in [2.45, 2.75) is 20.8 Å². The molecular formula is C17H17NO2. The SMILES string of the molecule is CC(=Nc1ccccc1C)c1cc(C(=O)O)ccc1C. The number of carboxylic acid groups (broad SMARTS) is 1. The average molecular weight is 267 g/mol. The lowest BCUT2D eigenvalue weighted by Crippen LogP contribution is -2.03. The number of hydrogen-bond acceptors (Lipinski definition) is 2. The van der Waals surface area contributed by atoms with Crippen LogP contribution in [0.15, 0.2) is 47.5 Å². The number of benzene rings is 2. The summed E-state index contributed by atoms with van der Waals surface area (Å²) in [4.78, 5) is 15.7. The van der Waals surface area contributed by atoms with Crippen molar-refractivity contribution in [3.63, 3.8) is 0 Å². The number of carboxylic acids is 1. The van der Waals surface area contributed by atoms with E-state index in [2.05, 4.69) is 4.99 Å². The van der Waals surface area contributed by atoms with Crippen LogP contribution in [-0.2, 0) is 0 Å². The van der Waals surface area contributed by atoms with E-state index in [0.717, 1.165) is 28.1 Å². The van der Waals surface area contributed by atoms with Crippen molar-refractivity contribution in [2.24, 2.45) is 4.99 Å². The van der Waals surface area contributed by atoms with Crippen molar-refractivity contribution in [2.75, 3.05) is 0 Å². The predicted molar refractivity (Wildman–Crippen MR) is 81.2 cm³/mol. The smallest absolute Gasteiger partial charge is 0.335 e. The summed E-state index contributed by atoms with van der Waals surface area (Å²) in [5, 5.41) is 9.08. The maximum Gasteiger partial charge on any atom is 0.335 e. The zero-order valence-electron chi connectivity index (χ0n) is 11.8. The number of hydrogen-bond donors (Lipinski definition) is 1. The van der Waals surface area contributed by atoms with Crippen LogP contribution in [0.25, 0.3) is 0 Å². The Morgan fingerprint density at radius 1 is 1.05 bits per heavy atom. The average Bonchev–Trinajstić information content (AvgIpc) is 2.41. The number of para-hydroxylation sites is 1. The summed E-state index contributed by atoms with van der Waals surface area (Å²) in [5.74, 6) is -0.921. The number of aryl methyl sites for hydroxylation is 2. The van der Waals surface area contributed by atoms with Gasteiger partial charge in [-0.3, -0.25) is 4.99 Å². The third-order valence-electron chi connectivity index (χ3n) is 3.28. The monoisotopic (exact) mass is 267 g/mol. The highest BCUT2D eigenvalue weighted by molar-refractivity contribution is 6.03. The molecule has 2 aromatic rings. The van der Waals surface area contributed by atoms with Crippen LogP contribution in [0.2, 0.25) is 0 Å². The third-order valence-corrected chi connectivity index (χ3v) is 3.28. The van der Waals surface area contributed by atoms with Crippen LogP contribution in [0.5, 0.6) is 0 Å². The molecule has 0 fully saturated rings. The van der Waals surface area contributed by atoms with Crippen LogP contribution in [0.1, 0.15) is 34.0 Å². The Balaban J connectivity index is 2.48. The molecule has 0 aliphatic carbocycles. The quantitative estimate of drug-likeness (QED) is 0.849. The van der Waals surface area contributed by atoms with Crippen molar-refractivity contribution in [3.05, 3.63) is 64.7 Å². The Kier molecular flexibility index (Phi) is 3.99. The second kappa shape index (κ2) is 5.70. The van der Waals surface area contributed by atoms with Gasteiger partial charge in [0.2, 0.25) is 0 Å². The maximum absolute atomic E-state index is 11.1.